The van der Waals surface area contributed by atoms with Crippen molar-refractivity contribution in [1.29, 1.82) is 0 Å². The van der Waals surface area contributed by atoms with Crippen LogP contribution < -0.4 is 10.2 Å². The van der Waals surface area contributed by atoms with E-state index in [1.165, 1.54) is 6.42 Å². The van der Waals surface area contributed by atoms with E-state index in [2.05, 4.69) is 13.8 Å². The number of hydrogen-bond acceptors (Lipinski definition) is 4. The largest absolute Gasteiger partial charge is 2.00 e. The first-order valence-electron chi connectivity index (χ1n) is 9.40. The third-order valence-corrected chi connectivity index (χ3v) is 5.00. The fourth-order valence-electron chi connectivity index (χ4n) is 3.45. The first kappa shape index (κ1) is 25.9. The predicted molar refractivity (Wildman–Crippen MR) is 94.1 cm³/mol. The molecule has 0 saturated heterocycles. The van der Waals surface area contributed by atoms with E-state index in [1.54, 1.807) is 0 Å². The van der Waals surface area contributed by atoms with Crippen LogP contribution in [0, 0.1) is 11.3 Å². The Morgan fingerprint density at radius 3 is 1.71 bits per heavy atom. The van der Waals surface area contributed by atoms with Crippen molar-refractivity contribution in [3.05, 3.63) is 0 Å². The Morgan fingerprint density at radius 2 is 1.25 bits per heavy atom. The summed E-state index contributed by atoms with van der Waals surface area (Å²) in [6.45, 7) is 6.07. The second kappa shape index (κ2) is 15.0. The monoisotopic (exact) mass is 350 g/mol. The van der Waals surface area contributed by atoms with Crippen LogP contribution in [-0.2, 0) is 9.59 Å². The Balaban J connectivity index is 0. The van der Waals surface area contributed by atoms with Crippen molar-refractivity contribution in [3.63, 3.8) is 0 Å². The molecular weight excluding hydrogens is 317 g/mol. The average molecular weight is 351 g/mol. The van der Waals surface area contributed by atoms with Crippen LogP contribution in [0.4, 0.5) is 0 Å². The van der Waals surface area contributed by atoms with Crippen LogP contribution in [0.2, 0.25) is 0 Å². The molecule has 0 spiro atoms. The summed E-state index contributed by atoms with van der Waals surface area (Å²) in [7, 11) is 0. The van der Waals surface area contributed by atoms with E-state index in [9.17, 15) is 19.8 Å². The number of carbonyl (C=O) groups is 2. The van der Waals surface area contributed by atoms with E-state index in [4.69, 9.17) is 0 Å². The summed E-state index contributed by atoms with van der Waals surface area (Å²) < 4.78 is 0. The van der Waals surface area contributed by atoms with Crippen molar-refractivity contribution >= 4 is 35.0 Å². The summed E-state index contributed by atoms with van der Waals surface area (Å²) in [5.74, 6) is -3.33. The van der Waals surface area contributed by atoms with Crippen molar-refractivity contribution in [2.45, 2.75) is 97.8 Å². The molecule has 1 unspecified atom stereocenters. The minimum atomic E-state index is -1.83. The molecule has 0 aromatic carbocycles. The van der Waals surface area contributed by atoms with Gasteiger partial charge in [-0.25, -0.2) is 0 Å². The smallest absolute Gasteiger partial charge is 0.549 e. The number of carboxylic acid groups (broad SMARTS) is 2. The first-order chi connectivity index (χ1) is 11.0. The van der Waals surface area contributed by atoms with Crippen LogP contribution >= 0.6 is 0 Å². The van der Waals surface area contributed by atoms with Gasteiger partial charge < -0.3 is 19.8 Å². The van der Waals surface area contributed by atoms with Gasteiger partial charge in [0.25, 0.3) is 0 Å². The molecule has 0 bridgehead atoms. The second-order valence-corrected chi connectivity index (χ2v) is 6.66. The number of aliphatic carboxylic acids is 2. The number of carbonyl (C=O) groups excluding carboxylic acids is 2. The van der Waals surface area contributed by atoms with Gasteiger partial charge in [-0.2, -0.15) is 0 Å². The van der Waals surface area contributed by atoms with Gasteiger partial charge in [-0.1, -0.05) is 85.0 Å². The molecule has 0 aromatic heterocycles. The Labute approximate surface area is 163 Å². The molecule has 0 aromatic rings. The summed E-state index contributed by atoms with van der Waals surface area (Å²) in [4.78, 5) is 23.5. The van der Waals surface area contributed by atoms with E-state index in [0.717, 1.165) is 44.9 Å². The maximum absolute atomic E-state index is 11.7. The quantitative estimate of drug-likeness (QED) is 0.258. The normalized spacial score (nSPS) is 12.5. The number of carboxylic acids is 2. The van der Waals surface area contributed by atoms with Crippen molar-refractivity contribution in [2.75, 3.05) is 0 Å². The van der Waals surface area contributed by atoms with Crippen molar-refractivity contribution in [3.8, 4) is 0 Å². The molecule has 5 heteroatoms. The van der Waals surface area contributed by atoms with E-state index in [-0.39, 0.29) is 29.5 Å². The van der Waals surface area contributed by atoms with Crippen LogP contribution in [0.5, 0.6) is 0 Å². The number of rotatable bonds is 15. The molecule has 136 valence electrons. The molecular formula is C19H34MgO4. The van der Waals surface area contributed by atoms with Crippen LogP contribution in [0.25, 0.3) is 0 Å². The molecule has 0 aliphatic heterocycles. The average Bonchev–Trinajstić information content (AvgIpc) is 2.51. The van der Waals surface area contributed by atoms with Crippen LogP contribution in [0.3, 0.4) is 0 Å². The van der Waals surface area contributed by atoms with Gasteiger partial charge in [0.1, 0.15) is 0 Å². The second-order valence-electron chi connectivity index (χ2n) is 6.66. The van der Waals surface area contributed by atoms with Gasteiger partial charge in [-0.3, -0.25) is 0 Å². The Kier molecular flexibility index (Phi) is 16.2. The zero-order valence-corrected chi connectivity index (χ0v) is 17.3. The van der Waals surface area contributed by atoms with E-state index < -0.39 is 23.3 Å². The van der Waals surface area contributed by atoms with Gasteiger partial charge in [0.05, 0.1) is 17.4 Å². The van der Waals surface area contributed by atoms with Crippen molar-refractivity contribution in [2.24, 2.45) is 11.3 Å². The number of hydrogen-bond donors (Lipinski definition) is 0. The van der Waals surface area contributed by atoms with E-state index in [0.29, 0.717) is 19.3 Å². The molecule has 0 fully saturated rings. The molecule has 24 heavy (non-hydrogen) atoms. The summed E-state index contributed by atoms with van der Waals surface area (Å²) in [5.41, 5.74) is -1.83. The van der Waals surface area contributed by atoms with Gasteiger partial charge in [0, 0.05) is 0 Å². The Morgan fingerprint density at radius 1 is 0.792 bits per heavy atom. The minimum absolute atomic E-state index is 0. The zero-order valence-electron chi connectivity index (χ0n) is 15.9. The van der Waals surface area contributed by atoms with Gasteiger partial charge in [0.15, 0.2) is 0 Å². The summed E-state index contributed by atoms with van der Waals surface area (Å²) in [6.07, 6.45) is 10.1. The molecule has 4 nitrogen and oxygen atoms in total. The van der Waals surface area contributed by atoms with Crippen LogP contribution in [0.15, 0.2) is 0 Å². The Hall–Kier alpha value is -0.294. The van der Waals surface area contributed by atoms with Gasteiger partial charge in [0.2, 0.25) is 0 Å². The molecule has 0 aliphatic rings. The molecule has 0 radical (unpaired) electrons. The molecule has 0 aliphatic carbocycles. The number of unbranched alkanes of at least 4 members (excludes halogenated alkanes) is 7. The fourth-order valence-corrected chi connectivity index (χ4v) is 3.45. The minimum Gasteiger partial charge on any atom is -0.549 e. The zero-order chi connectivity index (χ0) is 17.7. The van der Waals surface area contributed by atoms with Crippen LogP contribution in [0.1, 0.15) is 97.8 Å². The standard InChI is InChI=1S/C19H36O4.Mg/c1-4-7-9-10-11-13-15-19(17(20)21,18(22)23)16(6-3)14-12-8-5-2;/h16H,4-15H2,1-3H3,(H,20,21)(H,22,23);/q;+2/p-2. The third kappa shape index (κ3) is 8.19. The van der Waals surface area contributed by atoms with E-state index >= 15 is 0 Å². The van der Waals surface area contributed by atoms with Crippen molar-refractivity contribution in [1.82, 2.24) is 0 Å². The topological polar surface area (TPSA) is 80.3 Å². The summed E-state index contributed by atoms with van der Waals surface area (Å²) >= 11 is 0. The molecule has 0 amide bonds. The SMILES string of the molecule is CCCCCCCCC(C(=O)[O-])(C(=O)[O-])C(CC)CCCCC.[Mg+2]. The molecule has 0 rings (SSSR count). The maximum atomic E-state index is 11.7. The van der Waals surface area contributed by atoms with Gasteiger partial charge >= 0.3 is 23.1 Å². The summed E-state index contributed by atoms with van der Waals surface area (Å²) in [5, 5.41) is 23.5. The van der Waals surface area contributed by atoms with Gasteiger partial charge in [-0.05, 0) is 18.8 Å². The van der Waals surface area contributed by atoms with Gasteiger partial charge in [-0.15, -0.1) is 0 Å². The van der Waals surface area contributed by atoms with Crippen LogP contribution in [-0.4, -0.2) is 35.0 Å². The molecule has 0 heterocycles. The molecule has 0 saturated carbocycles. The summed E-state index contributed by atoms with van der Waals surface area (Å²) in [6, 6.07) is 0. The molecule has 0 N–H and O–H groups in total. The predicted octanol–water partition coefficient (Wildman–Crippen LogP) is 2.45. The molecule has 1 atom stereocenters. The Bertz CT molecular complexity index is 330. The maximum Gasteiger partial charge on any atom is 2.00 e. The van der Waals surface area contributed by atoms with E-state index in [1.807, 2.05) is 6.92 Å². The fraction of sp³-hybridized carbons (Fsp3) is 0.895. The first-order valence-corrected chi connectivity index (χ1v) is 9.40. The van der Waals surface area contributed by atoms with Crippen molar-refractivity contribution < 1.29 is 19.8 Å². The third-order valence-electron chi connectivity index (χ3n) is 5.00.